The van der Waals surface area contributed by atoms with Gasteiger partial charge in [-0.2, -0.15) is 0 Å². The Morgan fingerprint density at radius 3 is 2.17 bits per heavy atom. The molecule has 4 N–H and O–H groups in total. The van der Waals surface area contributed by atoms with Gasteiger partial charge < -0.3 is 16.1 Å². The minimum atomic E-state index is -1.08. The van der Waals surface area contributed by atoms with Crippen molar-refractivity contribution in [2.24, 2.45) is 5.41 Å². The summed E-state index contributed by atoms with van der Waals surface area (Å²) in [6.07, 6.45) is 2.67. The van der Waals surface area contributed by atoms with Gasteiger partial charge in [0.2, 0.25) is 0 Å². The number of hydrogen-bond acceptors (Lipinski definition) is 2. The lowest BCUT2D eigenvalue weighted by Crippen LogP contribution is -2.24. The highest BCUT2D eigenvalue weighted by Crippen LogP contribution is 2.22. The Bertz CT molecular complexity index is 183. The van der Waals surface area contributed by atoms with Gasteiger partial charge in [0, 0.05) is 0 Å². The molecule has 12 heavy (non-hydrogen) atoms. The van der Waals surface area contributed by atoms with Gasteiger partial charge >= 0.3 is 0 Å². The minimum absolute atomic E-state index is 0. The zero-order valence-electron chi connectivity index (χ0n) is 8.60. The maximum Gasteiger partial charge on any atom is 0.0669 e. The average molecular weight is 173 g/mol. The molecule has 3 nitrogen and oxygen atoms in total. The predicted molar refractivity (Wildman–Crippen MR) is 48.8 cm³/mol. The molecule has 0 radical (unpaired) electrons. The summed E-state index contributed by atoms with van der Waals surface area (Å²) in [7, 11) is 0. The van der Waals surface area contributed by atoms with E-state index in [1.807, 2.05) is 20.8 Å². The highest BCUT2D eigenvalue weighted by Gasteiger charge is 2.11. The SMILES string of the molecule is CCC(C)(C)/C=C(\C)C(=O)[O-].[NH4+]. The predicted octanol–water partition coefficient (Wildman–Crippen LogP) is 1.49. The Labute approximate surface area is 74.1 Å². The van der Waals surface area contributed by atoms with Crippen molar-refractivity contribution in [1.29, 1.82) is 0 Å². The molecule has 0 aliphatic heterocycles. The van der Waals surface area contributed by atoms with Crippen LogP contribution in [0.3, 0.4) is 0 Å². The molecule has 0 saturated carbocycles. The van der Waals surface area contributed by atoms with Gasteiger partial charge in [0.15, 0.2) is 0 Å². The van der Waals surface area contributed by atoms with E-state index in [9.17, 15) is 9.90 Å². The first-order valence-corrected chi connectivity index (χ1v) is 3.80. The molecule has 0 rings (SSSR count). The van der Waals surface area contributed by atoms with Gasteiger partial charge in [0.25, 0.3) is 0 Å². The van der Waals surface area contributed by atoms with Crippen molar-refractivity contribution in [3.8, 4) is 0 Å². The standard InChI is InChI=1S/C9H16O2.H3N/c1-5-9(3,4)6-7(2)8(10)11;/h6H,5H2,1-4H3,(H,10,11);1H3/b7-6+;. The van der Waals surface area contributed by atoms with Crippen LogP contribution in [0.25, 0.3) is 0 Å². The summed E-state index contributed by atoms with van der Waals surface area (Å²) >= 11 is 0. The van der Waals surface area contributed by atoms with Crippen LogP contribution in [0.1, 0.15) is 34.1 Å². The van der Waals surface area contributed by atoms with E-state index < -0.39 is 5.97 Å². The second kappa shape index (κ2) is 4.93. The molecule has 0 unspecified atom stereocenters. The maximum absolute atomic E-state index is 10.3. The second-order valence-corrected chi connectivity index (χ2v) is 3.46. The van der Waals surface area contributed by atoms with Crippen LogP contribution in [0.5, 0.6) is 0 Å². The number of carboxylic acids is 1. The molecule has 0 fully saturated rings. The zero-order chi connectivity index (χ0) is 9.07. The van der Waals surface area contributed by atoms with Gasteiger partial charge in [-0.05, 0) is 24.3 Å². The van der Waals surface area contributed by atoms with Crippen LogP contribution in [-0.2, 0) is 4.79 Å². The van der Waals surface area contributed by atoms with E-state index in [0.29, 0.717) is 5.57 Å². The van der Waals surface area contributed by atoms with E-state index >= 15 is 0 Å². The fraction of sp³-hybridized carbons (Fsp3) is 0.667. The summed E-state index contributed by atoms with van der Waals surface area (Å²) in [4.78, 5) is 10.3. The van der Waals surface area contributed by atoms with Crippen molar-refractivity contribution >= 4 is 5.97 Å². The number of carbonyl (C=O) groups is 1. The van der Waals surface area contributed by atoms with Crippen molar-refractivity contribution in [1.82, 2.24) is 6.15 Å². The molecule has 3 heteroatoms. The molecule has 0 saturated heterocycles. The maximum atomic E-state index is 10.3. The van der Waals surface area contributed by atoms with E-state index in [1.54, 1.807) is 13.0 Å². The van der Waals surface area contributed by atoms with Crippen LogP contribution in [0, 0.1) is 5.41 Å². The van der Waals surface area contributed by atoms with Gasteiger partial charge in [0.1, 0.15) is 0 Å². The zero-order valence-corrected chi connectivity index (χ0v) is 8.60. The Balaban J connectivity index is 0. The fourth-order valence-electron chi connectivity index (χ4n) is 0.747. The van der Waals surface area contributed by atoms with Crippen LogP contribution in [0.15, 0.2) is 11.6 Å². The molecule has 0 aromatic heterocycles. The van der Waals surface area contributed by atoms with Gasteiger partial charge in [-0.15, -0.1) is 0 Å². The van der Waals surface area contributed by atoms with E-state index in [-0.39, 0.29) is 11.6 Å². The minimum Gasteiger partial charge on any atom is -0.545 e. The van der Waals surface area contributed by atoms with Crippen molar-refractivity contribution < 1.29 is 9.90 Å². The molecule has 72 valence electrons. The molecule has 0 spiro atoms. The van der Waals surface area contributed by atoms with Crippen molar-refractivity contribution in [2.75, 3.05) is 0 Å². The Morgan fingerprint density at radius 2 is 1.92 bits per heavy atom. The summed E-state index contributed by atoms with van der Waals surface area (Å²) in [6, 6.07) is 0. The number of quaternary nitrogens is 1. The lowest BCUT2D eigenvalue weighted by molar-refractivity contribution is -0.299. The van der Waals surface area contributed by atoms with Gasteiger partial charge in [0.05, 0.1) is 5.97 Å². The highest BCUT2D eigenvalue weighted by atomic mass is 16.4. The third-order valence-corrected chi connectivity index (χ3v) is 1.84. The normalized spacial score (nSPS) is 12.2. The van der Waals surface area contributed by atoms with Crippen molar-refractivity contribution in [3.63, 3.8) is 0 Å². The van der Waals surface area contributed by atoms with Crippen LogP contribution in [-0.4, -0.2) is 5.97 Å². The molecule has 0 aliphatic rings. The summed E-state index contributed by atoms with van der Waals surface area (Å²) < 4.78 is 0. The van der Waals surface area contributed by atoms with Crippen LogP contribution < -0.4 is 11.3 Å². The summed E-state index contributed by atoms with van der Waals surface area (Å²) in [5.74, 6) is -1.08. The van der Waals surface area contributed by atoms with Crippen molar-refractivity contribution in [3.05, 3.63) is 11.6 Å². The molecule has 0 aromatic carbocycles. The second-order valence-electron chi connectivity index (χ2n) is 3.46. The number of rotatable bonds is 3. The average Bonchev–Trinajstić information content (AvgIpc) is 1.87. The van der Waals surface area contributed by atoms with Gasteiger partial charge in [-0.1, -0.05) is 26.8 Å². The first-order chi connectivity index (χ1) is 4.89. The molecule has 0 aliphatic carbocycles. The topological polar surface area (TPSA) is 76.6 Å². The molecule has 0 amide bonds. The van der Waals surface area contributed by atoms with E-state index in [2.05, 4.69) is 0 Å². The van der Waals surface area contributed by atoms with E-state index in [0.717, 1.165) is 6.42 Å². The van der Waals surface area contributed by atoms with Crippen LogP contribution >= 0.6 is 0 Å². The van der Waals surface area contributed by atoms with Crippen molar-refractivity contribution in [2.45, 2.75) is 34.1 Å². The number of hydrogen-bond donors (Lipinski definition) is 1. The fourth-order valence-corrected chi connectivity index (χ4v) is 0.747. The molecule has 0 bridgehead atoms. The Hall–Kier alpha value is -0.830. The summed E-state index contributed by atoms with van der Waals surface area (Å²) in [5, 5.41) is 10.3. The van der Waals surface area contributed by atoms with Crippen LogP contribution in [0.2, 0.25) is 0 Å². The van der Waals surface area contributed by atoms with E-state index in [4.69, 9.17) is 0 Å². The third-order valence-electron chi connectivity index (χ3n) is 1.84. The Morgan fingerprint density at radius 1 is 1.50 bits per heavy atom. The summed E-state index contributed by atoms with van der Waals surface area (Å²) in [5.41, 5.74) is 0.279. The molecule has 0 atom stereocenters. The number of carbonyl (C=O) groups excluding carboxylic acids is 1. The van der Waals surface area contributed by atoms with Gasteiger partial charge in [-0.3, -0.25) is 0 Å². The smallest absolute Gasteiger partial charge is 0.0669 e. The highest BCUT2D eigenvalue weighted by molar-refractivity contribution is 5.83. The first-order valence-electron chi connectivity index (χ1n) is 3.80. The monoisotopic (exact) mass is 173 g/mol. The molecule has 0 heterocycles. The van der Waals surface area contributed by atoms with Crippen LogP contribution in [0.4, 0.5) is 0 Å². The Kier molecular flexibility index (Phi) is 5.64. The number of allylic oxidation sites excluding steroid dienone is 1. The third kappa shape index (κ3) is 4.91. The largest absolute Gasteiger partial charge is 0.545 e. The number of carboxylic acid groups (broad SMARTS) is 1. The van der Waals surface area contributed by atoms with Gasteiger partial charge in [-0.25, -0.2) is 0 Å². The number of aliphatic carboxylic acids is 1. The first kappa shape index (κ1) is 13.7. The molecular formula is C9H19NO2. The quantitative estimate of drug-likeness (QED) is 0.656. The van der Waals surface area contributed by atoms with E-state index in [1.165, 1.54) is 0 Å². The molecule has 0 aromatic rings. The lowest BCUT2D eigenvalue weighted by atomic mass is 9.88. The summed E-state index contributed by atoms with van der Waals surface area (Å²) in [6.45, 7) is 7.59. The lowest BCUT2D eigenvalue weighted by Gasteiger charge is -2.19. The molecular weight excluding hydrogens is 154 g/mol.